The summed E-state index contributed by atoms with van der Waals surface area (Å²) in [5.74, 6) is 0.911. The van der Waals surface area contributed by atoms with Crippen LogP contribution in [0.5, 0.6) is 0 Å². The fraction of sp³-hybridized carbons (Fsp3) is 0.150. The molecule has 1 aromatic heterocycles. The highest BCUT2D eigenvalue weighted by molar-refractivity contribution is 9.10. The summed E-state index contributed by atoms with van der Waals surface area (Å²) in [6.07, 6.45) is 1.80. The normalized spacial score (nSPS) is 10.6. The first kappa shape index (κ1) is 19.4. The highest BCUT2D eigenvalue weighted by Gasteiger charge is 2.15. The summed E-state index contributed by atoms with van der Waals surface area (Å²) in [6.45, 7) is 6.43. The third-order valence-electron chi connectivity index (χ3n) is 3.79. The predicted octanol–water partition coefficient (Wildman–Crippen LogP) is 4.93. The summed E-state index contributed by atoms with van der Waals surface area (Å²) in [5.41, 5.74) is 2.90. The van der Waals surface area contributed by atoms with Crippen LogP contribution in [0.4, 0.5) is 5.69 Å². The minimum atomic E-state index is -0.0999. The van der Waals surface area contributed by atoms with Gasteiger partial charge in [-0.05, 0) is 41.1 Å². The van der Waals surface area contributed by atoms with E-state index in [1.165, 1.54) is 11.8 Å². The Morgan fingerprint density at radius 2 is 2.07 bits per heavy atom. The summed E-state index contributed by atoms with van der Waals surface area (Å²) in [5, 5.41) is 12.2. The topological polar surface area (TPSA) is 59.8 Å². The second kappa shape index (κ2) is 9.01. The molecule has 27 heavy (non-hydrogen) atoms. The number of rotatable bonds is 7. The van der Waals surface area contributed by atoms with E-state index in [1.54, 1.807) is 6.08 Å². The van der Waals surface area contributed by atoms with Gasteiger partial charge in [-0.15, -0.1) is 16.8 Å². The number of nitrogens with one attached hydrogen (secondary N) is 1. The van der Waals surface area contributed by atoms with Gasteiger partial charge in [0.1, 0.15) is 0 Å². The number of para-hydroxylation sites is 1. The Balaban J connectivity index is 1.74. The zero-order valence-electron chi connectivity index (χ0n) is 14.9. The summed E-state index contributed by atoms with van der Waals surface area (Å²) in [6, 6.07) is 15.6. The minimum Gasteiger partial charge on any atom is -0.324 e. The van der Waals surface area contributed by atoms with Crippen LogP contribution in [-0.4, -0.2) is 26.4 Å². The van der Waals surface area contributed by atoms with Gasteiger partial charge >= 0.3 is 0 Å². The number of halogens is 1. The number of amides is 1. The van der Waals surface area contributed by atoms with E-state index in [-0.39, 0.29) is 11.7 Å². The molecule has 2 aromatic carbocycles. The Hall–Kier alpha value is -2.38. The zero-order chi connectivity index (χ0) is 19.2. The largest absolute Gasteiger partial charge is 0.324 e. The molecule has 0 aliphatic carbocycles. The van der Waals surface area contributed by atoms with Crippen molar-refractivity contribution in [3.63, 3.8) is 0 Å². The predicted molar refractivity (Wildman–Crippen MR) is 114 cm³/mol. The quantitative estimate of drug-likeness (QED) is 0.416. The molecule has 0 unspecified atom stereocenters. The molecule has 0 saturated carbocycles. The van der Waals surface area contributed by atoms with E-state index in [2.05, 4.69) is 44.1 Å². The lowest BCUT2D eigenvalue weighted by atomic mass is 10.1. The number of thioether (sulfide) groups is 1. The van der Waals surface area contributed by atoms with Crippen LogP contribution in [0.2, 0.25) is 0 Å². The lowest BCUT2D eigenvalue weighted by Gasteiger charge is -2.09. The van der Waals surface area contributed by atoms with Crippen molar-refractivity contribution in [3.05, 3.63) is 71.2 Å². The molecule has 3 rings (SSSR count). The first-order valence-electron chi connectivity index (χ1n) is 8.37. The molecular formula is C20H19BrN4OS. The van der Waals surface area contributed by atoms with Crippen LogP contribution in [0.1, 0.15) is 5.56 Å². The van der Waals surface area contributed by atoms with Crippen molar-refractivity contribution in [2.75, 3.05) is 11.1 Å². The number of hydrogen-bond donors (Lipinski definition) is 1. The van der Waals surface area contributed by atoms with E-state index in [9.17, 15) is 4.79 Å². The second-order valence-electron chi connectivity index (χ2n) is 5.89. The molecule has 0 radical (unpaired) electrons. The third-order valence-corrected chi connectivity index (χ3v) is 5.44. The Morgan fingerprint density at radius 3 is 2.81 bits per heavy atom. The third kappa shape index (κ3) is 4.87. The molecule has 5 nitrogen and oxygen atoms in total. The number of aryl methyl sites for hydroxylation is 1. The average Bonchev–Trinajstić information content (AvgIpc) is 3.05. The van der Waals surface area contributed by atoms with Crippen LogP contribution in [0, 0.1) is 6.92 Å². The molecule has 1 amide bonds. The Bertz CT molecular complexity index is 970. The second-order valence-corrected chi connectivity index (χ2v) is 7.69. The van der Waals surface area contributed by atoms with Gasteiger partial charge in [-0.25, -0.2) is 0 Å². The molecule has 7 heteroatoms. The van der Waals surface area contributed by atoms with Crippen molar-refractivity contribution in [1.29, 1.82) is 0 Å². The van der Waals surface area contributed by atoms with Crippen LogP contribution in [0.15, 0.2) is 70.8 Å². The van der Waals surface area contributed by atoms with E-state index in [0.717, 1.165) is 27.1 Å². The van der Waals surface area contributed by atoms with Crippen molar-refractivity contribution in [2.24, 2.45) is 0 Å². The summed E-state index contributed by atoms with van der Waals surface area (Å²) < 4.78 is 2.82. The van der Waals surface area contributed by atoms with Gasteiger partial charge in [0.25, 0.3) is 0 Å². The van der Waals surface area contributed by atoms with Crippen LogP contribution in [0.3, 0.4) is 0 Å². The Labute approximate surface area is 171 Å². The molecule has 1 N–H and O–H groups in total. The van der Waals surface area contributed by atoms with Crippen LogP contribution < -0.4 is 5.32 Å². The number of nitrogens with zero attached hydrogens (tertiary/aromatic N) is 3. The molecule has 138 valence electrons. The van der Waals surface area contributed by atoms with Crippen molar-refractivity contribution >= 4 is 39.3 Å². The summed E-state index contributed by atoms with van der Waals surface area (Å²) in [4.78, 5) is 12.3. The van der Waals surface area contributed by atoms with Crippen LogP contribution in [-0.2, 0) is 11.3 Å². The van der Waals surface area contributed by atoms with Crippen molar-refractivity contribution in [2.45, 2.75) is 18.6 Å². The van der Waals surface area contributed by atoms with Crippen molar-refractivity contribution < 1.29 is 4.79 Å². The van der Waals surface area contributed by atoms with Gasteiger partial charge in [0.15, 0.2) is 11.0 Å². The lowest BCUT2D eigenvalue weighted by molar-refractivity contribution is -0.113. The van der Waals surface area contributed by atoms with E-state index >= 15 is 0 Å². The molecule has 0 spiro atoms. The number of hydrogen-bond acceptors (Lipinski definition) is 4. The number of benzene rings is 2. The average molecular weight is 443 g/mol. The molecule has 3 aromatic rings. The van der Waals surface area contributed by atoms with Crippen LogP contribution in [0.25, 0.3) is 11.4 Å². The molecule has 0 atom stereocenters. The molecule has 0 aliphatic heterocycles. The maximum absolute atomic E-state index is 12.3. The highest BCUT2D eigenvalue weighted by atomic mass is 79.9. The van der Waals surface area contributed by atoms with Gasteiger partial charge in [-0.3, -0.25) is 9.36 Å². The van der Waals surface area contributed by atoms with E-state index in [0.29, 0.717) is 11.7 Å². The summed E-state index contributed by atoms with van der Waals surface area (Å²) >= 11 is 4.78. The maximum Gasteiger partial charge on any atom is 0.234 e. The van der Waals surface area contributed by atoms with Crippen molar-refractivity contribution in [1.82, 2.24) is 14.8 Å². The van der Waals surface area contributed by atoms with Crippen molar-refractivity contribution in [3.8, 4) is 11.4 Å². The van der Waals surface area contributed by atoms with Gasteiger partial charge in [-0.2, -0.15) is 0 Å². The fourth-order valence-corrected chi connectivity index (χ4v) is 3.70. The monoisotopic (exact) mass is 442 g/mol. The number of carbonyl (C=O) groups excluding carboxylic acids is 1. The SMILES string of the molecule is C=CCn1c(SCC(=O)Nc2ccccc2Br)nnc1-c1cccc(C)c1. The lowest BCUT2D eigenvalue weighted by Crippen LogP contribution is -2.15. The Morgan fingerprint density at radius 1 is 1.26 bits per heavy atom. The first-order valence-corrected chi connectivity index (χ1v) is 10.1. The Kier molecular flexibility index (Phi) is 6.47. The van der Waals surface area contributed by atoms with Gasteiger partial charge in [0.05, 0.1) is 11.4 Å². The number of anilines is 1. The first-order chi connectivity index (χ1) is 13.1. The van der Waals surface area contributed by atoms with E-state index in [4.69, 9.17) is 0 Å². The molecule has 0 aliphatic rings. The zero-order valence-corrected chi connectivity index (χ0v) is 17.3. The fourth-order valence-electron chi connectivity index (χ4n) is 2.57. The highest BCUT2D eigenvalue weighted by Crippen LogP contribution is 2.26. The van der Waals surface area contributed by atoms with Gasteiger partial charge < -0.3 is 5.32 Å². The van der Waals surface area contributed by atoms with Gasteiger partial charge in [0, 0.05) is 16.6 Å². The maximum atomic E-state index is 12.3. The molecular weight excluding hydrogens is 424 g/mol. The standard InChI is InChI=1S/C20H19BrN4OS/c1-3-11-25-19(15-8-6-7-14(2)12-15)23-24-20(25)27-13-18(26)22-17-10-5-4-9-16(17)21/h3-10,12H,1,11,13H2,2H3,(H,22,26). The van der Waals surface area contributed by atoms with E-state index in [1.807, 2.05) is 54.0 Å². The molecule has 0 bridgehead atoms. The molecule has 1 heterocycles. The van der Waals surface area contributed by atoms with E-state index < -0.39 is 0 Å². The number of aromatic nitrogens is 3. The van der Waals surface area contributed by atoms with Crippen LogP contribution >= 0.6 is 27.7 Å². The molecule has 0 fully saturated rings. The smallest absolute Gasteiger partial charge is 0.234 e. The number of allylic oxidation sites excluding steroid dienone is 1. The van der Waals surface area contributed by atoms with Gasteiger partial charge in [0.2, 0.25) is 5.91 Å². The number of carbonyl (C=O) groups is 1. The minimum absolute atomic E-state index is 0.0999. The molecule has 0 saturated heterocycles. The van der Waals surface area contributed by atoms with Gasteiger partial charge in [-0.1, -0.05) is 53.7 Å². The summed E-state index contributed by atoms with van der Waals surface area (Å²) in [7, 11) is 0.